The van der Waals surface area contributed by atoms with Crippen molar-refractivity contribution < 1.29 is 0 Å². The number of aromatic nitrogens is 1. The molecule has 0 saturated carbocycles. The van der Waals surface area contributed by atoms with Crippen LogP contribution in [0.5, 0.6) is 0 Å². The van der Waals surface area contributed by atoms with Gasteiger partial charge < -0.3 is 4.90 Å². The van der Waals surface area contributed by atoms with E-state index in [4.69, 9.17) is 0 Å². The molecule has 1 aromatic rings. The molecule has 132 valence electrons. The lowest BCUT2D eigenvalue weighted by Crippen LogP contribution is -2.43. The Balaban J connectivity index is 3.16. The number of aryl methyl sites for hydroxylation is 2. The first-order valence-corrected chi connectivity index (χ1v) is 9.80. The van der Waals surface area contributed by atoms with E-state index in [2.05, 4.69) is 63.6 Å². The normalized spacial score (nSPS) is 13.8. The Labute approximate surface area is 144 Å². The van der Waals surface area contributed by atoms with Gasteiger partial charge in [0.15, 0.2) is 0 Å². The predicted molar refractivity (Wildman–Crippen MR) is 103 cm³/mol. The Morgan fingerprint density at radius 2 is 1.26 bits per heavy atom. The van der Waals surface area contributed by atoms with E-state index in [1.165, 1.54) is 57.1 Å². The molecule has 2 nitrogen and oxygen atoms in total. The number of nitrogens with zero attached hydrogens (tertiary/aromatic N) is 2. The van der Waals surface area contributed by atoms with Gasteiger partial charge in [-0.25, -0.2) is 0 Å². The van der Waals surface area contributed by atoms with Crippen molar-refractivity contribution in [3.8, 4) is 0 Å². The topological polar surface area (TPSA) is 16.1 Å². The standard InChI is InChI=1S/C21H38N2/c1-7-11-13-19(9-3)23(20(10-4)14-12-8-2)21-15-17(5)22-18(6)16-21/h15-16,19-20H,7-14H2,1-6H3. The van der Waals surface area contributed by atoms with Gasteiger partial charge in [-0.15, -0.1) is 0 Å². The third kappa shape index (κ3) is 6.16. The monoisotopic (exact) mass is 318 g/mol. The molecule has 2 atom stereocenters. The molecule has 0 aliphatic carbocycles. The van der Waals surface area contributed by atoms with Crippen LogP contribution in [0, 0.1) is 13.8 Å². The summed E-state index contributed by atoms with van der Waals surface area (Å²) in [5.74, 6) is 0. The number of rotatable bonds is 11. The van der Waals surface area contributed by atoms with Crippen LogP contribution in [-0.2, 0) is 0 Å². The highest BCUT2D eigenvalue weighted by Crippen LogP contribution is 2.29. The highest BCUT2D eigenvalue weighted by atomic mass is 15.2. The van der Waals surface area contributed by atoms with Crippen molar-refractivity contribution in [2.75, 3.05) is 4.90 Å². The van der Waals surface area contributed by atoms with Gasteiger partial charge >= 0.3 is 0 Å². The molecule has 0 aliphatic rings. The van der Waals surface area contributed by atoms with Gasteiger partial charge in [-0.1, -0.05) is 53.4 Å². The molecule has 0 amide bonds. The Kier molecular flexibility index (Phi) is 9.28. The van der Waals surface area contributed by atoms with Crippen LogP contribution < -0.4 is 4.90 Å². The molecular weight excluding hydrogens is 280 g/mol. The summed E-state index contributed by atoms with van der Waals surface area (Å²) in [5, 5.41) is 0. The Hall–Kier alpha value is -1.05. The molecule has 1 heterocycles. The van der Waals surface area contributed by atoms with Crippen LogP contribution in [0.2, 0.25) is 0 Å². The maximum absolute atomic E-state index is 4.58. The summed E-state index contributed by atoms with van der Waals surface area (Å²) in [7, 11) is 0. The van der Waals surface area contributed by atoms with Gasteiger partial charge in [-0.2, -0.15) is 0 Å². The molecule has 0 fully saturated rings. The van der Waals surface area contributed by atoms with E-state index in [0.717, 1.165) is 11.4 Å². The molecule has 1 aromatic heterocycles. The second-order valence-corrected chi connectivity index (χ2v) is 6.92. The van der Waals surface area contributed by atoms with Gasteiger partial charge in [-0.05, 0) is 51.7 Å². The zero-order valence-corrected chi connectivity index (χ0v) is 16.4. The van der Waals surface area contributed by atoms with Crippen molar-refractivity contribution >= 4 is 5.69 Å². The van der Waals surface area contributed by atoms with Gasteiger partial charge in [0.25, 0.3) is 0 Å². The smallest absolute Gasteiger partial charge is 0.0407 e. The predicted octanol–water partition coefficient (Wildman–Crippen LogP) is 6.44. The van der Waals surface area contributed by atoms with E-state index in [9.17, 15) is 0 Å². The number of hydrogen-bond donors (Lipinski definition) is 0. The van der Waals surface area contributed by atoms with Crippen molar-refractivity contribution in [1.29, 1.82) is 0 Å². The summed E-state index contributed by atoms with van der Waals surface area (Å²) in [6, 6.07) is 5.88. The summed E-state index contributed by atoms with van der Waals surface area (Å²) in [4.78, 5) is 7.33. The van der Waals surface area contributed by atoms with E-state index in [1.54, 1.807) is 0 Å². The molecule has 1 rings (SSSR count). The SMILES string of the molecule is CCCCC(CC)N(c1cc(C)nc(C)c1)C(CC)CCCC. The molecule has 0 N–H and O–H groups in total. The van der Waals surface area contributed by atoms with Gasteiger partial charge in [0.2, 0.25) is 0 Å². The van der Waals surface area contributed by atoms with E-state index >= 15 is 0 Å². The summed E-state index contributed by atoms with van der Waals surface area (Å²) < 4.78 is 0. The van der Waals surface area contributed by atoms with E-state index in [-0.39, 0.29) is 0 Å². The molecule has 0 aliphatic heterocycles. The molecular formula is C21H38N2. The number of hydrogen-bond acceptors (Lipinski definition) is 2. The second kappa shape index (κ2) is 10.7. The van der Waals surface area contributed by atoms with Crippen LogP contribution in [0.4, 0.5) is 5.69 Å². The van der Waals surface area contributed by atoms with Crippen LogP contribution in [0.3, 0.4) is 0 Å². The van der Waals surface area contributed by atoms with Gasteiger partial charge in [0.1, 0.15) is 0 Å². The summed E-state index contributed by atoms with van der Waals surface area (Å²) in [5.41, 5.74) is 3.67. The lowest BCUT2D eigenvalue weighted by molar-refractivity contribution is 0.425. The van der Waals surface area contributed by atoms with E-state index < -0.39 is 0 Å². The van der Waals surface area contributed by atoms with Crippen molar-refractivity contribution in [2.24, 2.45) is 0 Å². The maximum atomic E-state index is 4.58. The quantitative estimate of drug-likeness (QED) is 0.466. The highest BCUT2D eigenvalue weighted by molar-refractivity contribution is 5.50. The van der Waals surface area contributed by atoms with Crippen LogP contribution in [0.25, 0.3) is 0 Å². The highest BCUT2D eigenvalue weighted by Gasteiger charge is 2.24. The fraction of sp³-hybridized carbons (Fsp3) is 0.762. The Morgan fingerprint density at radius 1 is 0.826 bits per heavy atom. The van der Waals surface area contributed by atoms with Gasteiger partial charge in [0, 0.05) is 29.2 Å². The summed E-state index contributed by atoms with van der Waals surface area (Å²) in [6.45, 7) is 13.5. The van der Waals surface area contributed by atoms with Crippen molar-refractivity contribution in [2.45, 2.75) is 105 Å². The molecule has 0 saturated heterocycles. The largest absolute Gasteiger partial charge is 0.365 e. The molecule has 0 radical (unpaired) electrons. The van der Waals surface area contributed by atoms with E-state index in [0.29, 0.717) is 12.1 Å². The minimum absolute atomic E-state index is 0.651. The molecule has 0 spiro atoms. The van der Waals surface area contributed by atoms with Crippen molar-refractivity contribution in [3.05, 3.63) is 23.5 Å². The minimum Gasteiger partial charge on any atom is -0.365 e. The fourth-order valence-electron chi connectivity index (χ4n) is 3.64. The van der Waals surface area contributed by atoms with Gasteiger partial charge in [0.05, 0.1) is 0 Å². The third-order valence-electron chi connectivity index (χ3n) is 4.88. The molecule has 23 heavy (non-hydrogen) atoms. The maximum Gasteiger partial charge on any atom is 0.0407 e. The lowest BCUT2D eigenvalue weighted by atomic mass is 9.97. The zero-order chi connectivity index (χ0) is 17.2. The van der Waals surface area contributed by atoms with Crippen LogP contribution >= 0.6 is 0 Å². The molecule has 2 unspecified atom stereocenters. The minimum atomic E-state index is 0.651. The number of anilines is 1. The fourth-order valence-corrected chi connectivity index (χ4v) is 3.64. The first-order valence-electron chi connectivity index (χ1n) is 9.80. The summed E-state index contributed by atoms with van der Waals surface area (Å²) >= 11 is 0. The Bertz CT molecular complexity index is 405. The average molecular weight is 319 g/mol. The first kappa shape index (κ1) is 20.0. The van der Waals surface area contributed by atoms with Crippen LogP contribution in [-0.4, -0.2) is 17.1 Å². The first-order chi connectivity index (χ1) is 11.1. The molecule has 2 heteroatoms. The summed E-state index contributed by atoms with van der Waals surface area (Å²) in [6.07, 6.45) is 10.3. The number of pyridine rings is 1. The zero-order valence-electron chi connectivity index (χ0n) is 16.4. The van der Waals surface area contributed by atoms with Crippen molar-refractivity contribution in [1.82, 2.24) is 4.98 Å². The average Bonchev–Trinajstić information content (AvgIpc) is 2.52. The second-order valence-electron chi connectivity index (χ2n) is 6.92. The number of unbranched alkanes of at least 4 members (excludes halogenated alkanes) is 2. The third-order valence-corrected chi connectivity index (χ3v) is 4.88. The van der Waals surface area contributed by atoms with Gasteiger partial charge in [-0.3, -0.25) is 4.98 Å². The van der Waals surface area contributed by atoms with Crippen LogP contribution in [0.1, 0.15) is 90.4 Å². The Morgan fingerprint density at radius 3 is 1.61 bits per heavy atom. The van der Waals surface area contributed by atoms with E-state index in [1.807, 2.05) is 0 Å². The van der Waals surface area contributed by atoms with Crippen LogP contribution in [0.15, 0.2) is 12.1 Å². The molecule has 0 aromatic carbocycles. The molecule has 0 bridgehead atoms. The lowest BCUT2D eigenvalue weighted by Gasteiger charge is -2.40. The van der Waals surface area contributed by atoms with Crippen molar-refractivity contribution in [3.63, 3.8) is 0 Å².